The zero-order valence-electron chi connectivity index (χ0n) is 10.8. The molecule has 0 saturated heterocycles. The van der Waals surface area contributed by atoms with Crippen molar-refractivity contribution in [1.29, 1.82) is 0 Å². The highest BCUT2D eigenvalue weighted by Gasteiger charge is 2.13. The summed E-state index contributed by atoms with van der Waals surface area (Å²) in [6.07, 6.45) is 0. The van der Waals surface area contributed by atoms with Gasteiger partial charge < -0.3 is 10.6 Å². The van der Waals surface area contributed by atoms with Crippen LogP contribution in [0.2, 0.25) is 0 Å². The first-order valence-electron chi connectivity index (χ1n) is 5.85. The molecule has 100 valence electrons. The number of benzene rings is 1. The molecule has 0 aliphatic carbocycles. The van der Waals surface area contributed by atoms with Crippen LogP contribution in [0, 0.1) is 18.6 Å². The summed E-state index contributed by atoms with van der Waals surface area (Å²) in [6.45, 7) is 5.65. The van der Waals surface area contributed by atoms with Crippen molar-refractivity contribution in [3.63, 3.8) is 0 Å². The molecule has 0 radical (unpaired) electrons. The summed E-state index contributed by atoms with van der Waals surface area (Å²) in [7, 11) is 0. The molecule has 0 heterocycles. The SMILES string of the molecule is CC(=O)NCCNC(C)c1cc(F)c(C)cc1F. The monoisotopic (exact) mass is 256 g/mol. The molecule has 0 fully saturated rings. The van der Waals surface area contributed by atoms with Crippen molar-refractivity contribution < 1.29 is 13.6 Å². The van der Waals surface area contributed by atoms with Crippen LogP contribution in [-0.4, -0.2) is 19.0 Å². The third kappa shape index (κ3) is 4.07. The van der Waals surface area contributed by atoms with Crippen LogP contribution in [-0.2, 0) is 4.79 Å². The normalized spacial score (nSPS) is 12.3. The van der Waals surface area contributed by atoms with E-state index in [1.165, 1.54) is 26.0 Å². The van der Waals surface area contributed by atoms with Gasteiger partial charge in [-0.15, -0.1) is 0 Å². The minimum Gasteiger partial charge on any atom is -0.355 e. The maximum absolute atomic E-state index is 13.6. The van der Waals surface area contributed by atoms with Gasteiger partial charge in [0.2, 0.25) is 5.91 Å². The second kappa shape index (κ2) is 6.44. The van der Waals surface area contributed by atoms with E-state index in [1.54, 1.807) is 6.92 Å². The average Bonchev–Trinajstić information content (AvgIpc) is 2.28. The number of hydrogen-bond acceptors (Lipinski definition) is 2. The molecular formula is C13H18F2N2O. The molecule has 5 heteroatoms. The largest absolute Gasteiger partial charge is 0.355 e. The van der Waals surface area contributed by atoms with Crippen molar-refractivity contribution in [3.05, 3.63) is 34.9 Å². The van der Waals surface area contributed by atoms with Gasteiger partial charge in [-0.2, -0.15) is 0 Å². The molecule has 1 unspecified atom stereocenters. The Kier molecular flexibility index (Phi) is 5.22. The molecule has 1 aromatic rings. The van der Waals surface area contributed by atoms with Gasteiger partial charge in [0.25, 0.3) is 0 Å². The van der Waals surface area contributed by atoms with Crippen LogP contribution < -0.4 is 10.6 Å². The Labute approximate surface area is 106 Å². The van der Waals surface area contributed by atoms with Crippen LogP contribution in [0.15, 0.2) is 12.1 Å². The van der Waals surface area contributed by atoms with Crippen molar-refractivity contribution >= 4 is 5.91 Å². The lowest BCUT2D eigenvalue weighted by atomic mass is 10.1. The Balaban J connectivity index is 2.58. The smallest absolute Gasteiger partial charge is 0.216 e. The second-order valence-corrected chi connectivity index (χ2v) is 4.28. The molecule has 3 nitrogen and oxygen atoms in total. The summed E-state index contributed by atoms with van der Waals surface area (Å²) in [5.74, 6) is -0.952. The number of rotatable bonds is 5. The predicted molar refractivity (Wildman–Crippen MR) is 66.2 cm³/mol. The molecule has 2 N–H and O–H groups in total. The predicted octanol–water partition coefficient (Wildman–Crippen LogP) is 2.06. The van der Waals surface area contributed by atoms with Crippen LogP contribution in [0.25, 0.3) is 0 Å². The maximum Gasteiger partial charge on any atom is 0.216 e. The Morgan fingerprint density at radius 1 is 1.28 bits per heavy atom. The van der Waals surface area contributed by atoms with Gasteiger partial charge in [-0.25, -0.2) is 8.78 Å². The highest BCUT2D eigenvalue weighted by atomic mass is 19.1. The summed E-state index contributed by atoms with van der Waals surface area (Å²) >= 11 is 0. The molecule has 1 rings (SSSR count). The molecule has 0 aliphatic heterocycles. The number of hydrogen-bond donors (Lipinski definition) is 2. The van der Waals surface area contributed by atoms with Gasteiger partial charge in [0.1, 0.15) is 11.6 Å². The molecule has 0 spiro atoms. The van der Waals surface area contributed by atoms with Gasteiger partial charge in [-0.05, 0) is 31.5 Å². The zero-order chi connectivity index (χ0) is 13.7. The number of carbonyl (C=O) groups excluding carboxylic acids is 1. The van der Waals surface area contributed by atoms with Gasteiger partial charge in [-0.3, -0.25) is 4.79 Å². The third-order valence-electron chi connectivity index (χ3n) is 2.69. The van der Waals surface area contributed by atoms with Crippen molar-refractivity contribution in [3.8, 4) is 0 Å². The molecule has 1 aromatic carbocycles. The summed E-state index contributed by atoms with van der Waals surface area (Å²) in [5, 5.41) is 5.64. The van der Waals surface area contributed by atoms with Crippen LogP contribution in [0.3, 0.4) is 0 Å². The van der Waals surface area contributed by atoms with Gasteiger partial charge in [0.15, 0.2) is 0 Å². The zero-order valence-corrected chi connectivity index (χ0v) is 10.8. The quantitative estimate of drug-likeness (QED) is 0.792. The highest BCUT2D eigenvalue weighted by molar-refractivity contribution is 5.72. The Morgan fingerprint density at radius 2 is 1.94 bits per heavy atom. The third-order valence-corrected chi connectivity index (χ3v) is 2.69. The highest BCUT2D eigenvalue weighted by Crippen LogP contribution is 2.20. The lowest BCUT2D eigenvalue weighted by Crippen LogP contribution is -2.31. The van der Waals surface area contributed by atoms with Crippen LogP contribution in [0.1, 0.15) is 31.0 Å². The van der Waals surface area contributed by atoms with Crippen LogP contribution in [0.4, 0.5) is 8.78 Å². The van der Waals surface area contributed by atoms with E-state index in [4.69, 9.17) is 0 Å². The fraction of sp³-hybridized carbons (Fsp3) is 0.462. The van der Waals surface area contributed by atoms with E-state index in [2.05, 4.69) is 10.6 Å². The average molecular weight is 256 g/mol. The first-order chi connectivity index (χ1) is 8.41. The first kappa shape index (κ1) is 14.6. The number of carbonyl (C=O) groups is 1. The molecular weight excluding hydrogens is 238 g/mol. The second-order valence-electron chi connectivity index (χ2n) is 4.28. The Hall–Kier alpha value is -1.49. The van der Waals surface area contributed by atoms with Gasteiger partial charge in [0.05, 0.1) is 0 Å². The van der Waals surface area contributed by atoms with E-state index in [1.807, 2.05) is 0 Å². The molecule has 1 amide bonds. The lowest BCUT2D eigenvalue weighted by Gasteiger charge is -2.16. The number of aryl methyl sites for hydroxylation is 1. The minimum atomic E-state index is -0.423. The molecule has 0 aromatic heterocycles. The van der Waals surface area contributed by atoms with E-state index < -0.39 is 11.6 Å². The van der Waals surface area contributed by atoms with E-state index >= 15 is 0 Å². The van der Waals surface area contributed by atoms with Crippen molar-refractivity contribution in [2.75, 3.05) is 13.1 Å². The summed E-state index contributed by atoms with van der Waals surface area (Å²) in [5.41, 5.74) is 0.586. The minimum absolute atomic E-state index is 0.114. The Bertz CT molecular complexity index is 435. The number of amides is 1. The summed E-state index contributed by atoms with van der Waals surface area (Å²) in [6, 6.07) is 2.09. The lowest BCUT2D eigenvalue weighted by molar-refractivity contribution is -0.118. The van der Waals surface area contributed by atoms with E-state index in [0.717, 1.165) is 0 Å². The van der Waals surface area contributed by atoms with E-state index in [-0.39, 0.29) is 11.9 Å². The van der Waals surface area contributed by atoms with Gasteiger partial charge in [0, 0.05) is 31.6 Å². The molecule has 0 bridgehead atoms. The fourth-order valence-corrected chi connectivity index (χ4v) is 1.63. The van der Waals surface area contributed by atoms with Crippen molar-refractivity contribution in [2.45, 2.75) is 26.8 Å². The van der Waals surface area contributed by atoms with Crippen molar-refractivity contribution in [1.82, 2.24) is 10.6 Å². The van der Waals surface area contributed by atoms with Crippen LogP contribution in [0.5, 0.6) is 0 Å². The fourth-order valence-electron chi connectivity index (χ4n) is 1.63. The van der Waals surface area contributed by atoms with Crippen LogP contribution >= 0.6 is 0 Å². The van der Waals surface area contributed by atoms with E-state index in [9.17, 15) is 13.6 Å². The molecule has 0 saturated carbocycles. The Morgan fingerprint density at radius 3 is 2.56 bits per heavy atom. The molecule has 1 atom stereocenters. The summed E-state index contributed by atoms with van der Waals surface area (Å²) < 4.78 is 27.0. The van der Waals surface area contributed by atoms with Gasteiger partial charge >= 0.3 is 0 Å². The maximum atomic E-state index is 13.6. The molecule has 18 heavy (non-hydrogen) atoms. The standard InChI is InChI=1S/C13H18F2N2O/c1-8-6-13(15)11(7-12(8)14)9(2)16-4-5-17-10(3)18/h6-7,9,16H,4-5H2,1-3H3,(H,17,18). The van der Waals surface area contributed by atoms with E-state index in [0.29, 0.717) is 24.2 Å². The van der Waals surface area contributed by atoms with Gasteiger partial charge in [-0.1, -0.05) is 0 Å². The molecule has 0 aliphatic rings. The van der Waals surface area contributed by atoms with Crippen molar-refractivity contribution in [2.24, 2.45) is 0 Å². The topological polar surface area (TPSA) is 41.1 Å². The number of halogens is 2. The summed E-state index contributed by atoms with van der Waals surface area (Å²) in [4.78, 5) is 10.6. The number of nitrogens with one attached hydrogen (secondary N) is 2. The first-order valence-corrected chi connectivity index (χ1v) is 5.85.